The third-order valence-corrected chi connectivity index (χ3v) is 4.49. The van der Waals surface area contributed by atoms with Crippen molar-refractivity contribution in [1.29, 1.82) is 5.26 Å². The van der Waals surface area contributed by atoms with E-state index in [-0.39, 0.29) is 33.5 Å². The van der Waals surface area contributed by atoms with Crippen molar-refractivity contribution in [3.05, 3.63) is 50.4 Å². The Hall–Kier alpha value is -3.45. The van der Waals surface area contributed by atoms with Crippen molar-refractivity contribution >= 4 is 33.9 Å². The number of nitrogens with zero attached hydrogens (tertiary/aromatic N) is 2. The third-order valence-electron chi connectivity index (χ3n) is 3.30. The number of amides is 1. The van der Waals surface area contributed by atoms with Crippen molar-refractivity contribution in [3.63, 3.8) is 0 Å². The summed E-state index contributed by atoms with van der Waals surface area (Å²) in [4.78, 5) is 34.0. The second kappa shape index (κ2) is 8.09. The first-order chi connectivity index (χ1) is 12.4. The molecule has 1 amide bonds. The number of anilines is 1. The molecule has 1 aromatic heterocycles. The van der Waals surface area contributed by atoms with Crippen molar-refractivity contribution in [2.24, 2.45) is 0 Å². The van der Waals surface area contributed by atoms with Crippen molar-refractivity contribution < 1.29 is 24.0 Å². The molecule has 0 atom stereocenters. The highest BCUT2D eigenvalue weighted by Crippen LogP contribution is 2.32. The Morgan fingerprint density at radius 3 is 2.54 bits per heavy atom. The average Bonchev–Trinajstić information content (AvgIpc) is 2.94. The number of benzene rings is 1. The Balaban J connectivity index is 2.05. The highest BCUT2D eigenvalue weighted by molar-refractivity contribution is 7.18. The molecule has 0 unspecified atom stereocenters. The lowest BCUT2D eigenvalue weighted by Gasteiger charge is -2.06. The zero-order chi connectivity index (χ0) is 19.3. The molecular weight excluding hydrogens is 362 g/mol. The number of carbonyl (C=O) groups is 2. The van der Waals surface area contributed by atoms with Gasteiger partial charge in [0.1, 0.15) is 21.7 Å². The summed E-state index contributed by atoms with van der Waals surface area (Å²) in [7, 11) is 1.23. The minimum absolute atomic E-state index is 0.0927. The summed E-state index contributed by atoms with van der Waals surface area (Å²) >= 11 is 0.939. The number of methoxy groups -OCH3 is 1. The Morgan fingerprint density at radius 1 is 1.35 bits per heavy atom. The lowest BCUT2D eigenvalue weighted by atomic mass is 10.2. The summed E-state index contributed by atoms with van der Waals surface area (Å²) in [5.74, 6) is -0.854. The van der Waals surface area contributed by atoms with Crippen LogP contribution in [0.5, 0.6) is 5.75 Å². The topological polar surface area (TPSA) is 132 Å². The number of nitrogens with one attached hydrogen (secondary N) is 1. The molecule has 0 fully saturated rings. The van der Waals surface area contributed by atoms with Gasteiger partial charge in [-0.05, 0) is 24.6 Å². The molecule has 1 aromatic carbocycles. The summed E-state index contributed by atoms with van der Waals surface area (Å²) < 4.78 is 9.89. The molecule has 0 aliphatic rings. The summed E-state index contributed by atoms with van der Waals surface area (Å²) in [6, 6.07) is 7.20. The van der Waals surface area contributed by atoms with Crippen LogP contribution in [0.4, 0.5) is 10.7 Å². The highest BCUT2D eigenvalue weighted by Gasteiger charge is 2.21. The maximum Gasteiger partial charge on any atom is 0.348 e. The number of rotatable bonds is 6. The largest absolute Gasteiger partial charge is 0.484 e. The number of nitriles is 1. The smallest absolute Gasteiger partial charge is 0.348 e. The van der Waals surface area contributed by atoms with Gasteiger partial charge in [0.2, 0.25) is 0 Å². The van der Waals surface area contributed by atoms with Gasteiger partial charge in [-0.3, -0.25) is 14.9 Å². The third kappa shape index (κ3) is 4.14. The molecular formula is C16H13N3O6S. The summed E-state index contributed by atoms with van der Waals surface area (Å²) in [6.07, 6.45) is 0. The van der Waals surface area contributed by atoms with Crippen LogP contribution in [0.25, 0.3) is 0 Å². The van der Waals surface area contributed by atoms with E-state index in [1.165, 1.54) is 31.4 Å². The molecule has 0 aliphatic carbocycles. The first-order valence-corrected chi connectivity index (χ1v) is 7.98. The fourth-order valence-electron chi connectivity index (χ4n) is 2.00. The quantitative estimate of drug-likeness (QED) is 0.466. The van der Waals surface area contributed by atoms with E-state index in [9.17, 15) is 25.0 Å². The predicted molar refractivity (Wildman–Crippen MR) is 92.3 cm³/mol. The number of nitro benzene ring substituents is 1. The predicted octanol–water partition coefficient (Wildman–Crippen LogP) is 2.64. The number of esters is 1. The van der Waals surface area contributed by atoms with E-state index in [4.69, 9.17) is 4.74 Å². The normalized spacial score (nSPS) is 9.88. The monoisotopic (exact) mass is 375 g/mol. The Bertz CT molecular complexity index is 898. The van der Waals surface area contributed by atoms with Gasteiger partial charge < -0.3 is 14.8 Å². The van der Waals surface area contributed by atoms with Crippen molar-refractivity contribution in [2.75, 3.05) is 19.0 Å². The van der Waals surface area contributed by atoms with Crippen LogP contribution in [0, 0.1) is 28.4 Å². The van der Waals surface area contributed by atoms with E-state index in [0.29, 0.717) is 5.56 Å². The minimum atomic E-state index is -0.591. The molecule has 0 bridgehead atoms. The SMILES string of the molecule is COC(=O)c1sc(NC(=O)COc2ccc([N+](=O)[O-])cc2)c(C#N)c1C. The number of nitro groups is 1. The lowest BCUT2D eigenvalue weighted by molar-refractivity contribution is -0.384. The molecule has 10 heteroatoms. The molecule has 1 heterocycles. The molecule has 0 saturated carbocycles. The Kier molecular flexibility index (Phi) is 5.87. The van der Waals surface area contributed by atoms with Gasteiger partial charge in [-0.15, -0.1) is 11.3 Å². The summed E-state index contributed by atoms with van der Waals surface area (Å²) in [5, 5.41) is 22.6. The van der Waals surface area contributed by atoms with Crippen LogP contribution in [-0.4, -0.2) is 30.5 Å². The van der Waals surface area contributed by atoms with Crippen LogP contribution in [0.15, 0.2) is 24.3 Å². The molecule has 1 N–H and O–H groups in total. The van der Waals surface area contributed by atoms with E-state index < -0.39 is 16.8 Å². The van der Waals surface area contributed by atoms with Gasteiger partial charge in [0, 0.05) is 12.1 Å². The zero-order valence-electron chi connectivity index (χ0n) is 13.8. The van der Waals surface area contributed by atoms with Gasteiger partial charge in [0.15, 0.2) is 6.61 Å². The van der Waals surface area contributed by atoms with Crippen molar-refractivity contribution in [2.45, 2.75) is 6.92 Å². The van der Waals surface area contributed by atoms with E-state index in [1.54, 1.807) is 6.92 Å². The molecule has 26 heavy (non-hydrogen) atoms. The number of hydrogen-bond donors (Lipinski definition) is 1. The highest BCUT2D eigenvalue weighted by atomic mass is 32.1. The lowest BCUT2D eigenvalue weighted by Crippen LogP contribution is -2.20. The maximum absolute atomic E-state index is 12.0. The summed E-state index contributed by atoms with van der Waals surface area (Å²) in [5.41, 5.74) is 0.514. The van der Waals surface area contributed by atoms with Crippen LogP contribution in [0.1, 0.15) is 20.8 Å². The first kappa shape index (κ1) is 18.9. The molecule has 2 rings (SSSR count). The Labute approximate surface area is 151 Å². The standard InChI is InChI=1S/C16H13N3O6S/c1-9-12(7-17)15(26-14(9)16(21)24-2)18-13(20)8-25-11-5-3-10(4-6-11)19(22)23/h3-6H,8H2,1-2H3,(H,18,20). The van der Waals surface area contributed by atoms with Gasteiger partial charge in [-0.25, -0.2) is 4.79 Å². The molecule has 0 aliphatic heterocycles. The van der Waals surface area contributed by atoms with Crippen LogP contribution in [0.2, 0.25) is 0 Å². The van der Waals surface area contributed by atoms with Gasteiger partial charge in [0.05, 0.1) is 17.6 Å². The van der Waals surface area contributed by atoms with Crippen molar-refractivity contribution in [3.8, 4) is 11.8 Å². The second-order valence-electron chi connectivity index (χ2n) is 4.95. The maximum atomic E-state index is 12.0. The van der Waals surface area contributed by atoms with Crippen LogP contribution < -0.4 is 10.1 Å². The van der Waals surface area contributed by atoms with Crippen LogP contribution in [0.3, 0.4) is 0 Å². The number of hydrogen-bond acceptors (Lipinski definition) is 8. The van der Waals surface area contributed by atoms with Crippen molar-refractivity contribution in [1.82, 2.24) is 0 Å². The van der Waals surface area contributed by atoms with Crippen LogP contribution in [-0.2, 0) is 9.53 Å². The first-order valence-electron chi connectivity index (χ1n) is 7.16. The molecule has 2 aromatic rings. The average molecular weight is 375 g/mol. The van der Waals surface area contributed by atoms with Gasteiger partial charge >= 0.3 is 5.97 Å². The van der Waals surface area contributed by atoms with Gasteiger partial charge in [-0.1, -0.05) is 0 Å². The Morgan fingerprint density at radius 2 is 2.00 bits per heavy atom. The van der Waals surface area contributed by atoms with E-state index in [2.05, 4.69) is 10.1 Å². The van der Waals surface area contributed by atoms with E-state index in [1.807, 2.05) is 6.07 Å². The van der Waals surface area contributed by atoms with E-state index >= 15 is 0 Å². The minimum Gasteiger partial charge on any atom is -0.484 e. The van der Waals surface area contributed by atoms with Gasteiger partial charge in [-0.2, -0.15) is 5.26 Å². The molecule has 0 radical (unpaired) electrons. The fourth-order valence-corrected chi connectivity index (χ4v) is 3.09. The second-order valence-corrected chi connectivity index (χ2v) is 5.97. The molecule has 0 spiro atoms. The number of ether oxygens (including phenoxy) is 2. The number of thiophene rings is 1. The van der Waals surface area contributed by atoms with Gasteiger partial charge in [0.25, 0.3) is 11.6 Å². The van der Waals surface area contributed by atoms with Crippen LogP contribution >= 0.6 is 11.3 Å². The van der Waals surface area contributed by atoms with E-state index in [0.717, 1.165) is 11.3 Å². The molecule has 9 nitrogen and oxygen atoms in total. The number of non-ortho nitro benzene ring substituents is 1. The zero-order valence-corrected chi connectivity index (χ0v) is 14.6. The molecule has 0 saturated heterocycles. The number of carbonyl (C=O) groups excluding carboxylic acids is 2. The fraction of sp³-hybridized carbons (Fsp3) is 0.188. The summed E-state index contributed by atoms with van der Waals surface area (Å²) in [6.45, 7) is 1.22. The molecule has 134 valence electrons.